The smallest absolute Gasteiger partial charge is 0.317 e. The average Bonchev–Trinajstić information content (AvgIpc) is 2.49. The molecule has 0 bridgehead atoms. The number of fused-ring (bicyclic) bond motifs is 1. The summed E-state index contributed by atoms with van der Waals surface area (Å²) in [5.41, 5.74) is -0.172. The molecule has 3 heterocycles. The number of piperidine rings is 1. The van der Waals surface area contributed by atoms with Crippen LogP contribution in [-0.2, 0) is 0 Å². The minimum atomic E-state index is -0.650. The number of aromatic nitrogens is 3. The monoisotopic (exact) mass is 271 g/mol. The quantitative estimate of drug-likeness (QED) is 0.704. The van der Waals surface area contributed by atoms with Crippen LogP contribution in [0.3, 0.4) is 0 Å². The molecule has 3 rings (SSSR count). The van der Waals surface area contributed by atoms with Crippen LogP contribution in [0.15, 0.2) is 21.7 Å². The van der Waals surface area contributed by atoms with Gasteiger partial charge < -0.3 is 10.3 Å². The lowest BCUT2D eigenvalue weighted by Gasteiger charge is -2.25. The van der Waals surface area contributed by atoms with E-state index in [1.807, 2.05) is 6.07 Å². The first-order chi connectivity index (χ1) is 9.70. The fraction of sp³-hybridized carbons (Fsp3) is 0.385. The molecule has 1 saturated heterocycles. The molecule has 102 valence electrons. The van der Waals surface area contributed by atoms with Gasteiger partial charge in [-0.15, -0.1) is 0 Å². The zero-order valence-corrected chi connectivity index (χ0v) is 10.7. The fourth-order valence-corrected chi connectivity index (χ4v) is 2.58. The van der Waals surface area contributed by atoms with Gasteiger partial charge in [0.2, 0.25) is 0 Å². The van der Waals surface area contributed by atoms with Gasteiger partial charge in [0.05, 0.1) is 5.52 Å². The predicted molar refractivity (Wildman–Crippen MR) is 72.5 cm³/mol. The molecule has 0 atom stereocenters. The van der Waals surface area contributed by atoms with E-state index in [9.17, 15) is 9.59 Å². The molecule has 2 aromatic rings. The van der Waals surface area contributed by atoms with Gasteiger partial charge in [-0.25, -0.2) is 4.98 Å². The number of nitrogens with zero attached hydrogens (tertiary/aromatic N) is 3. The summed E-state index contributed by atoms with van der Waals surface area (Å²) in [6, 6.07) is 5.03. The second kappa shape index (κ2) is 4.90. The molecule has 0 radical (unpaired) electrons. The summed E-state index contributed by atoms with van der Waals surface area (Å²) >= 11 is 0. The van der Waals surface area contributed by atoms with Gasteiger partial charge in [0.15, 0.2) is 5.65 Å². The molecule has 7 nitrogen and oxygen atoms in total. The molecule has 0 spiro atoms. The molecular formula is C13H13N5O2. The molecule has 1 aliphatic heterocycles. The van der Waals surface area contributed by atoms with Gasteiger partial charge in [0.25, 0.3) is 0 Å². The number of hydrogen-bond donors (Lipinski definition) is 2. The summed E-state index contributed by atoms with van der Waals surface area (Å²) in [5.74, 6) is 0. The maximum Gasteiger partial charge on any atom is 0.318 e. The molecule has 1 aliphatic rings. The Morgan fingerprint density at radius 2 is 2.05 bits per heavy atom. The molecule has 2 N–H and O–H groups in total. The number of aromatic amines is 1. The van der Waals surface area contributed by atoms with Crippen LogP contribution in [0, 0.1) is 11.3 Å². The second-order valence-electron chi connectivity index (χ2n) is 4.79. The van der Waals surface area contributed by atoms with Crippen LogP contribution in [0.1, 0.15) is 24.6 Å². The van der Waals surface area contributed by atoms with Gasteiger partial charge in [-0.2, -0.15) is 5.26 Å². The van der Waals surface area contributed by atoms with E-state index in [0.29, 0.717) is 11.2 Å². The molecule has 2 aromatic heterocycles. The Morgan fingerprint density at radius 3 is 2.75 bits per heavy atom. The van der Waals surface area contributed by atoms with E-state index in [4.69, 9.17) is 5.26 Å². The van der Waals surface area contributed by atoms with Crippen LogP contribution in [0.25, 0.3) is 11.2 Å². The topological polar surface area (TPSA) is 104 Å². The van der Waals surface area contributed by atoms with Crippen LogP contribution in [0.5, 0.6) is 0 Å². The molecule has 20 heavy (non-hydrogen) atoms. The minimum Gasteiger partial charge on any atom is -0.317 e. The third-order valence-corrected chi connectivity index (χ3v) is 3.55. The molecule has 0 unspecified atom stereocenters. The van der Waals surface area contributed by atoms with Crippen LogP contribution >= 0.6 is 0 Å². The van der Waals surface area contributed by atoms with Crippen molar-refractivity contribution in [3.05, 3.63) is 38.5 Å². The lowest BCUT2D eigenvalue weighted by atomic mass is 10.1. The number of nitriles is 1. The summed E-state index contributed by atoms with van der Waals surface area (Å²) in [6.07, 6.45) is 1.52. The van der Waals surface area contributed by atoms with Crippen LogP contribution < -0.4 is 16.4 Å². The highest BCUT2D eigenvalue weighted by Crippen LogP contribution is 2.19. The molecule has 0 amide bonds. The number of rotatable bonds is 1. The fourth-order valence-electron chi connectivity index (χ4n) is 2.58. The molecule has 0 aliphatic carbocycles. The molecule has 1 fully saturated rings. The second-order valence-corrected chi connectivity index (χ2v) is 4.79. The van der Waals surface area contributed by atoms with Gasteiger partial charge in [-0.3, -0.25) is 14.2 Å². The van der Waals surface area contributed by atoms with Gasteiger partial charge in [0, 0.05) is 6.04 Å². The minimum absolute atomic E-state index is 0.0602. The summed E-state index contributed by atoms with van der Waals surface area (Å²) < 4.78 is 1.44. The first-order valence-corrected chi connectivity index (χ1v) is 6.47. The number of H-pyrrole nitrogens is 1. The Bertz CT molecular complexity index is 808. The summed E-state index contributed by atoms with van der Waals surface area (Å²) in [5, 5.41) is 12.2. The van der Waals surface area contributed by atoms with Gasteiger partial charge in [0.1, 0.15) is 11.8 Å². The van der Waals surface area contributed by atoms with Crippen molar-refractivity contribution < 1.29 is 0 Å². The van der Waals surface area contributed by atoms with Crippen LogP contribution in [0.4, 0.5) is 0 Å². The summed E-state index contributed by atoms with van der Waals surface area (Å²) in [7, 11) is 0. The summed E-state index contributed by atoms with van der Waals surface area (Å²) in [6.45, 7) is 1.59. The van der Waals surface area contributed by atoms with E-state index in [2.05, 4.69) is 15.3 Å². The number of nitrogens with one attached hydrogen (secondary N) is 2. The van der Waals surface area contributed by atoms with Crippen LogP contribution in [-0.4, -0.2) is 27.6 Å². The van der Waals surface area contributed by atoms with E-state index >= 15 is 0 Å². The van der Waals surface area contributed by atoms with Crippen molar-refractivity contribution in [2.24, 2.45) is 0 Å². The van der Waals surface area contributed by atoms with Crippen molar-refractivity contribution in [2.45, 2.75) is 18.9 Å². The Morgan fingerprint density at radius 1 is 1.30 bits per heavy atom. The third-order valence-electron chi connectivity index (χ3n) is 3.55. The van der Waals surface area contributed by atoms with E-state index in [1.165, 1.54) is 10.6 Å². The van der Waals surface area contributed by atoms with Gasteiger partial charge in [-0.05, 0) is 38.1 Å². The highest BCUT2D eigenvalue weighted by atomic mass is 16.2. The SMILES string of the molecule is N#Cc1ccc2[nH]c(=O)c(=O)n(C3CCNCC3)c2n1. The standard InChI is InChI=1S/C13H13N5O2/c14-7-8-1-2-10-11(16-8)18(13(20)12(19)17-10)9-3-5-15-6-4-9/h1-2,9,15H,3-6H2,(H,17,19). The molecule has 0 saturated carbocycles. The Hall–Kier alpha value is -2.46. The van der Waals surface area contributed by atoms with Gasteiger partial charge >= 0.3 is 11.1 Å². The molecule has 7 heteroatoms. The number of hydrogen-bond acceptors (Lipinski definition) is 5. The van der Waals surface area contributed by atoms with Crippen molar-refractivity contribution in [1.82, 2.24) is 19.9 Å². The van der Waals surface area contributed by atoms with Crippen molar-refractivity contribution in [2.75, 3.05) is 13.1 Å². The van der Waals surface area contributed by atoms with E-state index < -0.39 is 11.1 Å². The highest BCUT2D eigenvalue weighted by molar-refractivity contribution is 5.70. The first-order valence-electron chi connectivity index (χ1n) is 6.47. The maximum absolute atomic E-state index is 12.2. The molecule has 0 aromatic carbocycles. The normalized spacial score (nSPS) is 16.1. The lowest BCUT2D eigenvalue weighted by Crippen LogP contribution is -2.41. The summed E-state index contributed by atoms with van der Waals surface area (Å²) in [4.78, 5) is 30.6. The largest absolute Gasteiger partial charge is 0.318 e. The van der Waals surface area contributed by atoms with Crippen molar-refractivity contribution in [3.8, 4) is 6.07 Å². The van der Waals surface area contributed by atoms with Crippen molar-refractivity contribution in [1.29, 1.82) is 5.26 Å². The Kier molecular flexibility index (Phi) is 3.08. The molecular weight excluding hydrogens is 258 g/mol. The van der Waals surface area contributed by atoms with Crippen molar-refractivity contribution in [3.63, 3.8) is 0 Å². The highest BCUT2D eigenvalue weighted by Gasteiger charge is 2.20. The van der Waals surface area contributed by atoms with E-state index in [-0.39, 0.29) is 11.7 Å². The average molecular weight is 271 g/mol. The lowest BCUT2D eigenvalue weighted by molar-refractivity contribution is 0.366. The van der Waals surface area contributed by atoms with Crippen LogP contribution in [0.2, 0.25) is 0 Å². The maximum atomic E-state index is 12.2. The predicted octanol–water partition coefficient (Wildman–Crippen LogP) is -0.119. The Labute approximate surface area is 113 Å². The zero-order chi connectivity index (χ0) is 14.1. The van der Waals surface area contributed by atoms with E-state index in [0.717, 1.165) is 25.9 Å². The number of pyridine rings is 1. The Balaban J connectivity index is 2.31. The third kappa shape index (κ3) is 2.00. The zero-order valence-electron chi connectivity index (χ0n) is 10.7. The van der Waals surface area contributed by atoms with Gasteiger partial charge in [-0.1, -0.05) is 0 Å². The van der Waals surface area contributed by atoms with Crippen molar-refractivity contribution >= 4 is 11.2 Å². The first kappa shape index (κ1) is 12.6. The van der Waals surface area contributed by atoms with E-state index in [1.54, 1.807) is 6.07 Å².